The van der Waals surface area contributed by atoms with E-state index in [1.165, 1.54) is 19.2 Å². The van der Waals surface area contributed by atoms with E-state index in [1.807, 2.05) is 6.26 Å². The molecule has 1 N–H and O–H groups in total. The summed E-state index contributed by atoms with van der Waals surface area (Å²) in [5, 5.41) is 14.3. The van der Waals surface area contributed by atoms with Gasteiger partial charge in [-0.05, 0) is 12.7 Å². The average molecular weight is 271 g/mol. The second-order valence-corrected chi connectivity index (χ2v) is 5.02. The lowest BCUT2D eigenvalue weighted by Crippen LogP contribution is -2.10. The maximum absolute atomic E-state index is 10.9. The first-order valence-corrected chi connectivity index (χ1v) is 6.83. The predicted molar refractivity (Wildman–Crippen MR) is 73.5 cm³/mol. The molecule has 0 saturated heterocycles. The van der Waals surface area contributed by atoms with E-state index in [0.29, 0.717) is 17.7 Å². The predicted octanol–water partition coefficient (Wildman–Crippen LogP) is 2.55. The number of aromatic nitrogens is 1. The Morgan fingerprint density at radius 1 is 1.61 bits per heavy atom. The van der Waals surface area contributed by atoms with Crippen LogP contribution in [0.3, 0.4) is 0 Å². The van der Waals surface area contributed by atoms with Crippen LogP contribution in [-0.2, 0) is 0 Å². The molecule has 1 aromatic rings. The molecule has 0 aromatic carbocycles. The molecule has 7 heteroatoms. The Kier molecular flexibility index (Phi) is 5.70. The van der Waals surface area contributed by atoms with Crippen molar-refractivity contribution in [3.63, 3.8) is 0 Å². The van der Waals surface area contributed by atoms with E-state index in [9.17, 15) is 10.1 Å². The number of hydrogen-bond acceptors (Lipinski definition) is 6. The first-order valence-electron chi connectivity index (χ1n) is 5.54. The maximum atomic E-state index is 10.9. The van der Waals surface area contributed by atoms with E-state index in [1.54, 1.807) is 11.8 Å². The molecule has 0 aliphatic heterocycles. The Morgan fingerprint density at radius 3 is 2.89 bits per heavy atom. The van der Waals surface area contributed by atoms with Crippen LogP contribution in [0.4, 0.5) is 11.5 Å². The smallest absolute Gasteiger partial charge is 0.311 e. The lowest BCUT2D eigenvalue weighted by atomic mass is 10.3. The van der Waals surface area contributed by atoms with E-state index in [2.05, 4.69) is 17.2 Å². The van der Waals surface area contributed by atoms with E-state index in [0.717, 1.165) is 6.42 Å². The molecular weight excluding hydrogens is 254 g/mol. The molecule has 0 radical (unpaired) electrons. The minimum Gasteiger partial charge on any atom is -0.481 e. The number of rotatable bonds is 7. The minimum absolute atomic E-state index is 0.0346. The van der Waals surface area contributed by atoms with Crippen molar-refractivity contribution in [2.75, 3.05) is 25.2 Å². The van der Waals surface area contributed by atoms with E-state index < -0.39 is 4.92 Å². The van der Waals surface area contributed by atoms with Crippen molar-refractivity contribution in [2.24, 2.45) is 0 Å². The normalized spacial score (nSPS) is 11.9. The number of thioether (sulfide) groups is 1. The van der Waals surface area contributed by atoms with Crippen LogP contribution in [0.25, 0.3) is 0 Å². The summed E-state index contributed by atoms with van der Waals surface area (Å²) >= 11 is 1.76. The molecule has 1 atom stereocenters. The summed E-state index contributed by atoms with van der Waals surface area (Å²) < 4.78 is 4.96. The van der Waals surface area contributed by atoms with Crippen LogP contribution in [0.15, 0.2) is 12.1 Å². The van der Waals surface area contributed by atoms with Gasteiger partial charge in [0.1, 0.15) is 0 Å². The van der Waals surface area contributed by atoms with Crippen molar-refractivity contribution >= 4 is 23.3 Å². The molecule has 0 amide bonds. The molecular formula is C11H17N3O3S. The Balaban J connectivity index is 2.75. The molecule has 100 valence electrons. The summed E-state index contributed by atoms with van der Waals surface area (Å²) in [5.41, 5.74) is -0.0346. The summed E-state index contributed by atoms with van der Waals surface area (Å²) in [4.78, 5) is 14.5. The van der Waals surface area contributed by atoms with Gasteiger partial charge in [-0.25, -0.2) is 0 Å². The monoisotopic (exact) mass is 271 g/mol. The van der Waals surface area contributed by atoms with Gasteiger partial charge in [0.15, 0.2) is 0 Å². The van der Waals surface area contributed by atoms with E-state index >= 15 is 0 Å². The highest BCUT2D eigenvalue weighted by molar-refractivity contribution is 7.99. The summed E-state index contributed by atoms with van der Waals surface area (Å²) in [6.07, 6.45) is 2.95. The fraction of sp³-hybridized carbons (Fsp3) is 0.545. The quantitative estimate of drug-likeness (QED) is 0.606. The third-order valence-electron chi connectivity index (χ3n) is 2.50. The number of pyridine rings is 1. The summed E-state index contributed by atoms with van der Waals surface area (Å²) in [6, 6.07) is 2.87. The van der Waals surface area contributed by atoms with Crippen LogP contribution in [0.1, 0.15) is 13.3 Å². The van der Waals surface area contributed by atoms with Crippen molar-refractivity contribution in [1.29, 1.82) is 0 Å². The summed E-state index contributed by atoms with van der Waals surface area (Å²) in [5.74, 6) is 0.619. The number of nitrogens with one attached hydrogen (secondary N) is 1. The van der Waals surface area contributed by atoms with Crippen molar-refractivity contribution in [1.82, 2.24) is 4.98 Å². The Bertz CT molecular complexity index is 415. The van der Waals surface area contributed by atoms with Crippen LogP contribution in [-0.4, -0.2) is 35.1 Å². The molecule has 0 bridgehead atoms. The van der Waals surface area contributed by atoms with Crippen molar-refractivity contribution in [3.05, 3.63) is 22.2 Å². The lowest BCUT2D eigenvalue weighted by Gasteiger charge is -2.10. The summed E-state index contributed by atoms with van der Waals surface area (Å²) in [7, 11) is 1.48. The molecule has 1 heterocycles. The molecule has 0 spiro atoms. The Morgan fingerprint density at radius 2 is 2.33 bits per heavy atom. The van der Waals surface area contributed by atoms with Gasteiger partial charge in [-0.15, -0.1) is 0 Å². The number of ether oxygens (including phenoxy) is 1. The van der Waals surface area contributed by atoms with Crippen LogP contribution < -0.4 is 10.1 Å². The number of hydrogen-bond donors (Lipinski definition) is 1. The molecule has 6 nitrogen and oxygen atoms in total. The minimum atomic E-state index is -0.452. The molecule has 0 aliphatic rings. The van der Waals surface area contributed by atoms with Crippen LogP contribution in [0.2, 0.25) is 0 Å². The number of nitro groups is 1. The Hall–Kier alpha value is -1.50. The van der Waals surface area contributed by atoms with Gasteiger partial charge in [0, 0.05) is 23.9 Å². The van der Waals surface area contributed by atoms with Crippen LogP contribution >= 0.6 is 11.8 Å². The maximum Gasteiger partial charge on any atom is 0.311 e. The molecule has 0 aliphatic carbocycles. The highest BCUT2D eigenvalue weighted by Crippen LogP contribution is 2.25. The van der Waals surface area contributed by atoms with E-state index in [-0.39, 0.29) is 11.5 Å². The fourth-order valence-electron chi connectivity index (χ4n) is 1.34. The zero-order chi connectivity index (χ0) is 13.5. The standard InChI is InChI=1S/C11H17N3O3S/c1-8(18-3)6-7-12-11-9(14(15)16)4-5-10(13-11)17-2/h4-5,8H,6-7H2,1-3H3,(H,12,13). The molecule has 1 rings (SSSR count). The Labute approximate surface area is 110 Å². The van der Waals surface area contributed by atoms with Gasteiger partial charge in [0.25, 0.3) is 0 Å². The number of anilines is 1. The third kappa shape index (κ3) is 4.06. The zero-order valence-electron chi connectivity index (χ0n) is 10.7. The lowest BCUT2D eigenvalue weighted by molar-refractivity contribution is -0.384. The van der Waals surface area contributed by atoms with Crippen LogP contribution in [0, 0.1) is 10.1 Å². The number of methoxy groups -OCH3 is 1. The first-order chi connectivity index (χ1) is 8.58. The molecule has 0 saturated carbocycles. The van der Waals surface area contributed by atoms with Crippen molar-refractivity contribution in [3.8, 4) is 5.88 Å². The average Bonchev–Trinajstić information content (AvgIpc) is 2.37. The fourth-order valence-corrected chi connectivity index (χ4v) is 1.69. The highest BCUT2D eigenvalue weighted by atomic mass is 32.2. The summed E-state index contributed by atoms with van der Waals surface area (Å²) in [6.45, 7) is 2.75. The third-order valence-corrected chi connectivity index (χ3v) is 3.54. The zero-order valence-corrected chi connectivity index (χ0v) is 11.5. The molecule has 1 unspecified atom stereocenters. The SMILES string of the molecule is COc1ccc([N+](=O)[O-])c(NCCC(C)SC)n1. The first kappa shape index (κ1) is 14.6. The number of nitrogens with zero attached hydrogens (tertiary/aromatic N) is 2. The van der Waals surface area contributed by atoms with Crippen molar-refractivity contribution < 1.29 is 9.66 Å². The molecule has 0 fully saturated rings. The van der Waals surface area contributed by atoms with Gasteiger partial charge < -0.3 is 10.1 Å². The topological polar surface area (TPSA) is 77.3 Å². The second kappa shape index (κ2) is 7.05. The highest BCUT2D eigenvalue weighted by Gasteiger charge is 2.16. The molecule has 1 aromatic heterocycles. The van der Waals surface area contributed by atoms with Gasteiger partial charge in [0.2, 0.25) is 11.7 Å². The van der Waals surface area contributed by atoms with Crippen LogP contribution in [0.5, 0.6) is 5.88 Å². The van der Waals surface area contributed by atoms with Gasteiger partial charge in [-0.1, -0.05) is 6.92 Å². The van der Waals surface area contributed by atoms with Gasteiger partial charge in [0.05, 0.1) is 12.0 Å². The molecule has 18 heavy (non-hydrogen) atoms. The van der Waals surface area contributed by atoms with Gasteiger partial charge in [-0.2, -0.15) is 16.7 Å². The van der Waals surface area contributed by atoms with Crippen molar-refractivity contribution in [2.45, 2.75) is 18.6 Å². The van der Waals surface area contributed by atoms with Gasteiger partial charge >= 0.3 is 5.69 Å². The van der Waals surface area contributed by atoms with Gasteiger partial charge in [-0.3, -0.25) is 10.1 Å². The second-order valence-electron chi connectivity index (χ2n) is 3.74. The largest absolute Gasteiger partial charge is 0.481 e. The van der Waals surface area contributed by atoms with E-state index in [4.69, 9.17) is 4.74 Å².